The van der Waals surface area contributed by atoms with Crippen molar-refractivity contribution in [1.82, 2.24) is 9.55 Å². The summed E-state index contributed by atoms with van der Waals surface area (Å²) in [5.41, 5.74) is 0.634. The molecule has 0 atom stereocenters. The number of aliphatic hydroxyl groups excluding tert-OH is 1. The third kappa shape index (κ3) is 3.70. The first kappa shape index (κ1) is 16.4. The zero-order valence-electron chi connectivity index (χ0n) is 12.3. The van der Waals surface area contributed by atoms with E-state index in [4.69, 9.17) is 5.11 Å². The molecule has 0 saturated heterocycles. The van der Waals surface area contributed by atoms with E-state index in [1.165, 1.54) is 0 Å². The van der Waals surface area contributed by atoms with Gasteiger partial charge in [-0.2, -0.15) is 0 Å². The number of hydrogen-bond donors (Lipinski definition) is 1. The summed E-state index contributed by atoms with van der Waals surface area (Å²) < 4.78 is 2.64. The van der Waals surface area contributed by atoms with Gasteiger partial charge in [-0.3, -0.25) is 9.36 Å². The van der Waals surface area contributed by atoms with Crippen LogP contribution in [0.2, 0.25) is 0 Å². The number of aliphatic hydroxyl groups is 1. The number of benzene rings is 1. The van der Waals surface area contributed by atoms with E-state index >= 15 is 0 Å². The molecule has 0 saturated carbocycles. The van der Waals surface area contributed by atoms with Gasteiger partial charge in [-0.15, -0.1) is 11.3 Å². The highest BCUT2D eigenvalue weighted by Gasteiger charge is 2.09. The van der Waals surface area contributed by atoms with Gasteiger partial charge in [-0.25, -0.2) is 4.98 Å². The molecule has 0 aliphatic rings. The summed E-state index contributed by atoms with van der Waals surface area (Å²) in [6, 6.07) is 9.67. The van der Waals surface area contributed by atoms with Gasteiger partial charge in [0.25, 0.3) is 5.56 Å². The first-order chi connectivity index (χ1) is 11.2. The predicted octanol–water partition coefficient (Wildman–Crippen LogP) is 3.62. The maximum Gasteiger partial charge on any atom is 0.261 e. The number of hydrogen-bond acceptors (Lipinski definition) is 4. The van der Waals surface area contributed by atoms with Crippen LogP contribution in [-0.4, -0.2) is 21.3 Å². The van der Waals surface area contributed by atoms with Crippen LogP contribution < -0.4 is 5.56 Å². The molecule has 23 heavy (non-hydrogen) atoms. The average molecular weight is 438 g/mol. The van der Waals surface area contributed by atoms with Gasteiger partial charge in [-0.05, 0) is 70.8 Å². The van der Waals surface area contributed by atoms with Crippen molar-refractivity contribution in [3.05, 3.63) is 60.3 Å². The topological polar surface area (TPSA) is 55.1 Å². The third-order valence-electron chi connectivity index (χ3n) is 3.43. The summed E-state index contributed by atoms with van der Waals surface area (Å²) in [5.74, 6) is 0.616. The number of nitrogens with zero attached hydrogens (tertiary/aromatic N) is 2. The minimum Gasteiger partial charge on any atom is -0.396 e. The van der Waals surface area contributed by atoms with Crippen LogP contribution in [0, 0.1) is 3.57 Å². The molecule has 1 aromatic carbocycles. The fourth-order valence-corrected chi connectivity index (χ4v) is 3.43. The van der Waals surface area contributed by atoms with E-state index in [1.54, 1.807) is 15.9 Å². The largest absolute Gasteiger partial charge is 0.396 e. The second-order valence-corrected chi connectivity index (χ2v) is 7.24. The van der Waals surface area contributed by atoms with Crippen LogP contribution in [0.15, 0.2) is 40.5 Å². The molecule has 0 spiro atoms. The summed E-state index contributed by atoms with van der Waals surface area (Å²) in [7, 11) is 0. The second-order valence-electron chi connectivity index (χ2n) is 5.01. The normalized spacial score (nSPS) is 11.6. The van der Waals surface area contributed by atoms with Crippen LogP contribution in [0.1, 0.15) is 17.1 Å². The van der Waals surface area contributed by atoms with E-state index < -0.39 is 0 Å². The van der Waals surface area contributed by atoms with Crippen LogP contribution in [0.25, 0.3) is 23.1 Å². The molecule has 0 aliphatic carbocycles. The van der Waals surface area contributed by atoms with E-state index in [9.17, 15) is 4.79 Å². The smallest absolute Gasteiger partial charge is 0.261 e. The summed E-state index contributed by atoms with van der Waals surface area (Å²) in [4.78, 5) is 18.5. The number of aromatic nitrogens is 2. The van der Waals surface area contributed by atoms with Gasteiger partial charge in [0, 0.05) is 21.6 Å². The van der Waals surface area contributed by atoms with E-state index in [2.05, 4.69) is 27.6 Å². The van der Waals surface area contributed by atoms with E-state index in [0.717, 1.165) is 8.45 Å². The van der Waals surface area contributed by atoms with Gasteiger partial charge < -0.3 is 5.11 Å². The Bertz CT molecular complexity index is 901. The zero-order valence-corrected chi connectivity index (χ0v) is 15.3. The Morgan fingerprint density at radius 2 is 2.17 bits per heavy atom. The molecule has 0 fully saturated rings. The molecule has 6 heteroatoms. The molecule has 3 aromatic rings. The van der Waals surface area contributed by atoms with Gasteiger partial charge in [0.05, 0.1) is 10.9 Å². The summed E-state index contributed by atoms with van der Waals surface area (Å²) >= 11 is 3.82. The van der Waals surface area contributed by atoms with Crippen LogP contribution in [0.3, 0.4) is 0 Å². The summed E-state index contributed by atoms with van der Waals surface area (Å²) in [6.45, 7) is 0.499. The van der Waals surface area contributed by atoms with Crippen molar-refractivity contribution in [2.24, 2.45) is 0 Å². The van der Waals surface area contributed by atoms with Crippen molar-refractivity contribution < 1.29 is 5.11 Å². The highest BCUT2D eigenvalue weighted by atomic mass is 127. The number of fused-ring (bicyclic) bond motifs is 1. The fourth-order valence-electron chi connectivity index (χ4n) is 2.33. The summed E-state index contributed by atoms with van der Waals surface area (Å²) in [6.07, 6.45) is 4.35. The Hall–Kier alpha value is -1.51. The molecule has 0 amide bonds. The average Bonchev–Trinajstić information content (AvgIpc) is 3.06. The van der Waals surface area contributed by atoms with Crippen LogP contribution >= 0.6 is 33.9 Å². The first-order valence-corrected chi connectivity index (χ1v) is 9.17. The van der Waals surface area contributed by atoms with Crippen molar-refractivity contribution in [3.8, 4) is 0 Å². The van der Waals surface area contributed by atoms with Crippen molar-refractivity contribution >= 4 is 57.0 Å². The molecule has 0 unspecified atom stereocenters. The highest BCUT2D eigenvalue weighted by Crippen LogP contribution is 2.16. The standard InChI is InChI=1S/C17H15IN2O2S/c18-12-4-6-15-14(11-12)17(22)20(8-2-9-21)16(19-15)7-5-13-3-1-10-23-13/h1,3-7,10-11,21H,2,8-9H2. The molecule has 2 heterocycles. The lowest BCUT2D eigenvalue weighted by Gasteiger charge is -2.10. The molecule has 0 aliphatic heterocycles. The Morgan fingerprint density at radius 1 is 1.30 bits per heavy atom. The molecule has 2 aromatic heterocycles. The third-order valence-corrected chi connectivity index (χ3v) is 4.93. The summed E-state index contributed by atoms with van der Waals surface area (Å²) in [5, 5.41) is 11.7. The maximum absolute atomic E-state index is 12.8. The minimum absolute atomic E-state index is 0.0465. The lowest BCUT2D eigenvalue weighted by Crippen LogP contribution is -2.24. The minimum atomic E-state index is -0.0622. The molecular weight excluding hydrogens is 423 g/mol. The van der Waals surface area contributed by atoms with Crippen molar-refractivity contribution in [2.75, 3.05) is 6.61 Å². The molecular formula is C17H15IN2O2S. The Labute approximate surface area is 151 Å². The molecule has 0 radical (unpaired) electrons. The zero-order chi connectivity index (χ0) is 16.2. The van der Waals surface area contributed by atoms with Gasteiger partial charge >= 0.3 is 0 Å². The monoisotopic (exact) mass is 438 g/mol. The number of thiophene rings is 1. The Morgan fingerprint density at radius 3 is 2.91 bits per heavy atom. The van der Waals surface area contributed by atoms with E-state index in [-0.39, 0.29) is 12.2 Å². The lowest BCUT2D eigenvalue weighted by molar-refractivity contribution is 0.278. The number of halogens is 1. The van der Waals surface area contributed by atoms with E-state index in [0.29, 0.717) is 29.7 Å². The van der Waals surface area contributed by atoms with Crippen LogP contribution in [0.5, 0.6) is 0 Å². The second kappa shape index (κ2) is 7.37. The van der Waals surface area contributed by atoms with Gasteiger partial charge in [-0.1, -0.05) is 6.07 Å². The van der Waals surface area contributed by atoms with Gasteiger partial charge in [0.1, 0.15) is 5.82 Å². The van der Waals surface area contributed by atoms with Crippen molar-refractivity contribution in [2.45, 2.75) is 13.0 Å². The first-order valence-electron chi connectivity index (χ1n) is 7.21. The highest BCUT2D eigenvalue weighted by molar-refractivity contribution is 14.1. The molecule has 1 N–H and O–H groups in total. The SMILES string of the molecule is O=c1c2cc(I)ccc2nc(C=Cc2cccs2)n1CCCO. The van der Waals surface area contributed by atoms with Gasteiger partial charge in [0.15, 0.2) is 0 Å². The van der Waals surface area contributed by atoms with Crippen molar-refractivity contribution in [3.63, 3.8) is 0 Å². The van der Waals surface area contributed by atoms with E-state index in [1.807, 2.05) is 47.9 Å². The number of rotatable bonds is 5. The molecule has 3 rings (SSSR count). The Kier molecular flexibility index (Phi) is 5.24. The Balaban J connectivity index is 2.14. The maximum atomic E-state index is 12.8. The molecule has 118 valence electrons. The van der Waals surface area contributed by atoms with Crippen LogP contribution in [-0.2, 0) is 6.54 Å². The fraction of sp³-hybridized carbons (Fsp3) is 0.176. The van der Waals surface area contributed by atoms with Crippen LogP contribution in [0.4, 0.5) is 0 Å². The van der Waals surface area contributed by atoms with Gasteiger partial charge in [0.2, 0.25) is 0 Å². The molecule has 0 bridgehead atoms. The lowest BCUT2D eigenvalue weighted by atomic mass is 10.2. The van der Waals surface area contributed by atoms with Crippen molar-refractivity contribution in [1.29, 1.82) is 0 Å². The quantitative estimate of drug-likeness (QED) is 0.620. The molecule has 4 nitrogen and oxygen atoms in total. The predicted molar refractivity (Wildman–Crippen MR) is 104 cm³/mol.